The summed E-state index contributed by atoms with van der Waals surface area (Å²) in [4.78, 5) is 12.2. The van der Waals surface area contributed by atoms with Gasteiger partial charge in [-0.05, 0) is 36.8 Å². The van der Waals surface area contributed by atoms with E-state index in [1.807, 2.05) is 0 Å². The van der Waals surface area contributed by atoms with Gasteiger partial charge in [-0.25, -0.2) is 4.39 Å². The topological polar surface area (TPSA) is 75.1 Å². The highest BCUT2D eigenvalue weighted by atomic mass is 35.5. The number of benzene rings is 2. The zero-order chi connectivity index (χ0) is 18.1. The maximum absolute atomic E-state index is 13.6. The molecule has 5 nitrogen and oxygen atoms in total. The molecular weight excluding hydrogens is 388 g/mol. The molecule has 3 rings (SSSR count). The van der Waals surface area contributed by atoms with E-state index in [4.69, 9.17) is 23.2 Å². The third-order valence-electron chi connectivity index (χ3n) is 3.34. The molecule has 0 aliphatic heterocycles. The molecule has 25 heavy (non-hydrogen) atoms. The van der Waals surface area contributed by atoms with Crippen LogP contribution in [-0.2, 0) is 0 Å². The molecule has 0 unspecified atom stereocenters. The van der Waals surface area contributed by atoms with Gasteiger partial charge >= 0.3 is 0 Å². The first-order valence-electron chi connectivity index (χ1n) is 6.94. The van der Waals surface area contributed by atoms with Crippen molar-refractivity contribution in [3.05, 3.63) is 57.3 Å². The van der Waals surface area contributed by atoms with Gasteiger partial charge < -0.3 is 5.11 Å². The summed E-state index contributed by atoms with van der Waals surface area (Å²) in [5.74, 6) is -1.17. The number of nitrogens with one attached hydrogen (secondary N) is 1. The van der Waals surface area contributed by atoms with Crippen LogP contribution < -0.4 is 5.32 Å². The Bertz CT molecular complexity index is 978. The van der Waals surface area contributed by atoms with Crippen LogP contribution in [-0.4, -0.2) is 21.2 Å². The summed E-state index contributed by atoms with van der Waals surface area (Å²) >= 11 is 12.8. The van der Waals surface area contributed by atoms with E-state index >= 15 is 0 Å². The maximum Gasteiger partial charge on any atom is 0.257 e. The zero-order valence-electron chi connectivity index (χ0n) is 12.7. The van der Waals surface area contributed by atoms with Gasteiger partial charge in [0.2, 0.25) is 5.13 Å². The van der Waals surface area contributed by atoms with Crippen molar-refractivity contribution in [3.63, 3.8) is 0 Å². The Labute approximate surface area is 156 Å². The van der Waals surface area contributed by atoms with E-state index in [9.17, 15) is 14.3 Å². The first-order chi connectivity index (χ1) is 11.8. The van der Waals surface area contributed by atoms with Crippen molar-refractivity contribution in [2.45, 2.75) is 6.92 Å². The predicted molar refractivity (Wildman–Crippen MR) is 96.1 cm³/mol. The highest BCUT2D eigenvalue weighted by Crippen LogP contribution is 2.39. The van der Waals surface area contributed by atoms with Gasteiger partial charge in [-0.3, -0.25) is 10.1 Å². The van der Waals surface area contributed by atoms with E-state index in [-0.39, 0.29) is 21.5 Å². The zero-order valence-corrected chi connectivity index (χ0v) is 15.0. The third-order valence-corrected chi connectivity index (χ3v) is 4.72. The number of aromatic nitrogens is 2. The molecule has 3 aromatic rings. The number of halogens is 3. The molecule has 0 saturated carbocycles. The summed E-state index contributed by atoms with van der Waals surface area (Å²) in [6.07, 6.45) is 0. The maximum atomic E-state index is 13.6. The van der Waals surface area contributed by atoms with Crippen molar-refractivity contribution in [3.8, 4) is 16.3 Å². The van der Waals surface area contributed by atoms with Gasteiger partial charge in [-0.2, -0.15) is 0 Å². The van der Waals surface area contributed by atoms with Crippen molar-refractivity contribution in [1.82, 2.24) is 10.2 Å². The third kappa shape index (κ3) is 3.73. The Morgan fingerprint density at radius 1 is 1.24 bits per heavy atom. The standard InChI is InChI=1S/C16H10Cl2FN3O2S/c1-7-2-3-8(4-12(7)19)14(24)20-16-22-21-15(25-16)10-5-9(17)6-11(18)13(10)23/h2-6,23H,1H3,(H,20,22,24). The molecule has 0 saturated heterocycles. The number of aromatic hydroxyl groups is 1. The second-order valence-corrected chi connectivity index (χ2v) is 6.94. The highest BCUT2D eigenvalue weighted by molar-refractivity contribution is 7.18. The smallest absolute Gasteiger partial charge is 0.257 e. The first kappa shape index (κ1) is 17.6. The fourth-order valence-electron chi connectivity index (χ4n) is 2.01. The van der Waals surface area contributed by atoms with Crippen LogP contribution in [0.15, 0.2) is 30.3 Å². The van der Waals surface area contributed by atoms with Gasteiger partial charge in [0.1, 0.15) is 11.6 Å². The largest absolute Gasteiger partial charge is 0.506 e. The van der Waals surface area contributed by atoms with Crippen molar-refractivity contribution < 1.29 is 14.3 Å². The number of hydrogen-bond donors (Lipinski definition) is 2. The number of aryl methyl sites for hydroxylation is 1. The summed E-state index contributed by atoms with van der Waals surface area (Å²) in [7, 11) is 0. The molecule has 1 heterocycles. The summed E-state index contributed by atoms with van der Waals surface area (Å²) in [5, 5.41) is 21.2. The van der Waals surface area contributed by atoms with Crippen molar-refractivity contribution >= 4 is 45.6 Å². The Balaban J connectivity index is 1.85. The highest BCUT2D eigenvalue weighted by Gasteiger charge is 2.16. The lowest BCUT2D eigenvalue weighted by molar-refractivity contribution is 0.102. The minimum Gasteiger partial charge on any atom is -0.506 e. The molecule has 0 fully saturated rings. The average molecular weight is 398 g/mol. The molecule has 9 heteroatoms. The van der Waals surface area contributed by atoms with E-state index in [0.29, 0.717) is 21.2 Å². The number of rotatable bonds is 3. The second-order valence-electron chi connectivity index (χ2n) is 5.11. The molecule has 2 N–H and O–H groups in total. The van der Waals surface area contributed by atoms with Gasteiger partial charge in [-0.15, -0.1) is 10.2 Å². The molecule has 0 aliphatic rings. The number of nitrogens with zero attached hydrogens (tertiary/aromatic N) is 2. The van der Waals surface area contributed by atoms with Crippen LogP contribution in [0, 0.1) is 12.7 Å². The molecule has 1 amide bonds. The van der Waals surface area contributed by atoms with E-state index in [2.05, 4.69) is 15.5 Å². The van der Waals surface area contributed by atoms with Crippen LogP contribution in [0.1, 0.15) is 15.9 Å². The predicted octanol–water partition coefficient (Wildman–Crippen LogP) is 4.92. The van der Waals surface area contributed by atoms with Gasteiger partial charge in [-0.1, -0.05) is 40.6 Å². The fourth-order valence-corrected chi connectivity index (χ4v) is 3.26. The minimum absolute atomic E-state index is 0.0819. The van der Waals surface area contributed by atoms with Gasteiger partial charge in [0.25, 0.3) is 5.91 Å². The van der Waals surface area contributed by atoms with Gasteiger partial charge in [0.05, 0.1) is 10.6 Å². The lowest BCUT2D eigenvalue weighted by atomic mass is 10.1. The van der Waals surface area contributed by atoms with E-state index in [0.717, 1.165) is 17.4 Å². The van der Waals surface area contributed by atoms with Gasteiger partial charge in [0.15, 0.2) is 5.01 Å². The fraction of sp³-hybridized carbons (Fsp3) is 0.0625. The molecule has 128 valence electrons. The van der Waals surface area contributed by atoms with Crippen molar-refractivity contribution in [2.75, 3.05) is 5.32 Å². The summed E-state index contributed by atoms with van der Waals surface area (Å²) in [5.41, 5.74) is 0.911. The molecule has 1 aromatic heterocycles. The molecule has 0 radical (unpaired) electrons. The summed E-state index contributed by atoms with van der Waals surface area (Å²) in [6, 6.07) is 7.07. The normalized spacial score (nSPS) is 10.7. The minimum atomic E-state index is -0.519. The molecule has 0 aliphatic carbocycles. The van der Waals surface area contributed by atoms with Crippen LogP contribution >= 0.6 is 34.5 Å². The van der Waals surface area contributed by atoms with Gasteiger partial charge in [0, 0.05) is 10.6 Å². The molecule has 2 aromatic carbocycles. The van der Waals surface area contributed by atoms with E-state index < -0.39 is 11.7 Å². The Hall–Kier alpha value is -2.22. The van der Waals surface area contributed by atoms with E-state index in [1.165, 1.54) is 24.3 Å². The number of carbonyl (C=O) groups excluding carboxylic acids is 1. The van der Waals surface area contributed by atoms with Crippen LogP contribution in [0.5, 0.6) is 5.75 Å². The summed E-state index contributed by atoms with van der Waals surface area (Å²) < 4.78 is 13.6. The van der Waals surface area contributed by atoms with Crippen LogP contribution in [0.2, 0.25) is 10.0 Å². The van der Waals surface area contributed by atoms with E-state index in [1.54, 1.807) is 6.92 Å². The first-order valence-corrected chi connectivity index (χ1v) is 8.52. The van der Waals surface area contributed by atoms with Crippen LogP contribution in [0.3, 0.4) is 0 Å². The number of amides is 1. The number of carbonyl (C=O) groups is 1. The van der Waals surface area contributed by atoms with Crippen molar-refractivity contribution in [1.29, 1.82) is 0 Å². The molecule has 0 spiro atoms. The molecular formula is C16H10Cl2FN3O2S. The van der Waals surface area contributed by atoms with Crippen molar-refractivity contribution in [2.24, 2.45) is 0 Å². The quantitative estimate of drug-likeness (QED) is 0.657. The summed E-state index contributed by atoms with van der Waals surface area (Å²) in [6.45, 7) is 1.61. The number of phenols is 1. The average Bonchev–Trinajstić information content (AvgIpc) is 3.01. The number of phenolic OH excluding ortho intramolecular Hbond substituents is 1. The Kier molecular flexibility index (Phi) is 4.89. The number of hydrogen-bond acceptors (Lipinski definition) is 5. The second kappa shape index (κ2) is 6.95. The van der Waals surface area contributed by atoms with Crippen LogP contribution in [0.4, 0.5) is 9.52 Å². The lowest BCUT2D eigenvalue weighted by Crippen LogP contribution is -2.12. The van der Waals surface area contributed by atoms with Crippen LogP contribution in [0.25, 0.3) is 10.6 Å². The monoisotopic (exact) mass is 397 g/mol. The lowest BCUT2D eigenvalue weighted by Gasteiger charge is -2.04. The molecule has 0 atom stereocenters. The molecule has 0 bridgehead atoms. The number of anilines is 1. The SMILES string of the molecule is Cc1ccc(C(=O)Nc2nnc(-c3cc(Cl)cc(Cl)c3O)s2)cc1F. The Morgan fingerprint density at radius 2 is 2.00 bits per heavy atom. The Morgan fingerprint density at radius 3 is 2.72 bits per heavy atom.